The molecule has 6 nitrogen and oxygen atoms in total. The number of hydrogen-bond donors (Lipinski definition) is 0. The summed E-state index contributed by atoms with van der Waals surface area (Å²) >= 11 is 1.40. The Labute approximate surface area is 211 Å². The summed E-state index contributed by atoms with van der Waals surface area (Å²) in [7, 11) is 1.85. The first kappa shape index (κ1) is 24.5. The largest absolute Gasteiger partial charge is 0.494 e. The number of rotatable bonds is 10. The Kier molecular flexibility index (Phi) is 8.21. The first-order chi connectivity index (χ1) is 17.1. The van der Waals surface area contributed by atoms with E-state index >= 15 is 0 Å². The summed E-state index contributed by atoms with van der Waals surface area (Å²) in [5, 5.41) is 9.63. The van der Waals surface area contributed by atoms with Crippen molar-refractivity contribution in [1.29, 1.82) is 0 Å². The van der Waals surface area contributed by atoms with Crippen LogP contribution in [0.25, 0.3) is 5.69 Å². The van der Waals surface area contributed by atoms with Crippen LogP contribution in [0.4, 0.5) is 0 Å². The van der Waals surface area contributed by atoms with Crippen molar-refractivity contribution in [3.05, 3.63) is 102 Å². The van der Waals surface area contributed by atoms with Crippen molar-refractivity contribution in [2.24, 2.45) is 0 Å². The van der Waals surface area contributed by atoms with Crippen LogP contribution in [0.1, 0.15) is 36.8 Å². The Morgan fingerprint density at radius 3 is 2.29 bits per heavy atom. The van der Waals surface area contributed by atoms with Crippen LogP contribution in [0.5, 0.6) is 5.75 Å². The molecule has 4 aromatic rings. The third-order valence-corrected chi connectivity index (χ3v) is 6.81. The molecule has 0 aliphatic rings. The number of ether oxygens (including phenoxy) is 1. The summed E-state index contributed by atoms with van der Waals surface area (Å²) in [4.78, 5) is 14.8. The van der Waals surface area contributed by atoms with Gasteiger partial charge in [0.15, 0.2) is 5.16 Å². The van der Waals surface area contributed by atoms with E-state index in [9.17, 15) is 4.79 Å². The molecule has 0 bridgehead atoms. The van der Waals surface area contributed by atoms with Crippen molar-refractivity contribution in [3.63, 3.8) is 0 Å². The van der Waals surface area contributed by atoms with Gasteiger partial charge in [-0.15, -0.1) is 10.2 Å². The van der Waals surface area contributed by atoms with Crippen molar-refractivity contribution in [1.82, 2.24) is 19.7 Å². The molecule has 35 heavy (non-hydrogen) atoms. The second kappa shape index (κ2) is 11.7. The Morgan fingerprint density at radius 1 is 0.971 bits per heavy atom. The fourth-order valence-electron chi connectivity index (χ4n) is 3.80. The second-order valence-electron chi connectivity index (χ2n) is 8.20. The second-order valence-corrected chi connectivity index (χ2v) is 9.15. The highest BCUT2D eigenvalue weighted by atomic mass is 32.2. The van der Waals surface area contributed by atoms with Gasteiger partial charge in [-0.1, -0.05) is 72.4 Å². The highest BCUT2D eigenvalue weighted by molar-refractivity contribution is 7.99. The molecule has 7 heteroatoms. The lowest BCUT2D eigenvalue weighted by Crippen LogP contribution is -2.31. The molecule has 4 rings (SSSR count). The molecule has 0 aliphatic carbocycles. The number of nitrogens with zero attached hydrogens (tertiary/aromatic N) is 4. The summed E-state index contributed by atoms with van der Waals surface area (Å²) in [5.74, 6) is 1.95. The predicted octanol–water partition coefficient (Wildman–Crippen LogP) is 5.57. The summed E-state index contributed by atoms with van der Waals surface area (Å²) in [6, 6.07) is 28.1. The minimum absolute atomic E-state index is 0.0121. The topological polar surface area (TPSA) is 60.2 Å². The molecule has 180 valence electrons. The normalized spacial score (nSPS) is 11.7. The van der Waals surface area contributed by atoms with Crippen molar-refractivity contribution in [2.75, 3.05) is 19.4 Å². The van der Waals surface area contributed by atoms with Gasteiger partial charge < -0.3 is 9.64 Å². The minimum Gasteiger partial charge on any atom is -0.494 e. The molecule has 1 aromatic heterocycles. The standard InChI is InChI=1S/C28H30N4O2S/c1-4-34-25-17-15-24(16-18-25)32-26(19-22-11-7-5-8-12-22)29-30-28(32)35-20-27(33)31(3)21(2)23-13-9-6-10-14-23/h5-18,21H,4,19-20H2,1-3H3. The monoisotopic (exact) mass is 486 g/mol. The quantitative estimate of drug-likeness (QED) is 0.274. The van der Waals surface area contributed by atoms with Gasteiger partial charge in [-0.05, 0) is 49.2 Å². The lowest BCUT2D eigenvalue weighted by atomic mass is 10.1. The third-order valence-electron chi connectivity index (χ3n) is 5.89. The van der Waals surface area contributed by atoms with E-state index in [0.29, 0.717) is 18.2 Å². The fraction of sp³-hybridized carbons (Fsp3) is 0.250. The van der Waals surface area contributed by atoms with E-state index in [0.717, 1.165) is 28.4 Å². The molecular formula is C28H30N4O2S. The zero-order chi connectivity index (χ0) is 24.6. The van der Waals surface area contributed by atoms with Crippen molar-refractivity contribution in [2.45, 2.75) is 31.5 Å². The van der Waals surface area contributed by atoms with Crippen LogP contribution >= 0.6 is 11.8 Å². The lowest BCUT2D eigenvalue weighted by molar-refractivity contribution is -0.128. The highest BCUT2D eigenvalue weighted by Crippen LogP contribution is 2.26. The molecule has 0 aliphatic heterocycles. The van der Waals surface area contributed by atoms with Gasteiger partial charge >= 0.3 is 0 Å². The Bertz CT molecular complexity index is 1230. The van der Waals surface area contributed by atoms with E-state index in [2.05, 4.69) is 22.3 Å². The van der Waals surface area contributed by atoms with Crippen LogP contribution in [0.15, 0.2) is 90.1 Å². The van der Waals surface area contributed by atoms with E-state index in [4.69, 9.17) is 4.74 Å². The third kappa shape index (κ3) is 6.11. The number of amides is 1. The number of aromatic nitrogens is 3. The first-order valence-corrected chi connectivity index (χ1v) is 12.7. The van der Waals surface area contributed by atoms with Crippen molar-refractivity contribution < 1.29 is 9.53 Å². The molecule has 0 saturated carbocycles. The molecule has 3 aromatic carbocycles. The molecule has 1 atom stereocenters. The zero-order valence-corrected chi connectivity index (χ0v) is 21.1. The summed E-state index contributed by atoms with van der Waals surface area (Å²) < 4.78 is 7.63. The smallest absolute Gasteiger partial charge is 0.233 e. The van der Waals surface area contributed by atoms with Gasteiger partial charge in [0.1, 0.15) is 11.6 Å². The molecule has 0 spiro atoms. The van der Waals surface area contributed by atoms with E-state index < -0.39 is 0 Å². The predicted molar refractivity (Wildman–Crippen MR) is 140 cm³/mol. The number of benzene rings is 3. The van der Waals surface area contributed by atoms with Gasteiger partial charge in [-0.25, -0.2) is 0 Å². The summed E-state index contributed by atoms with van der Waals surface area (Å²) in [6.07, 6.45) is 0.639. The number of carbonyl (C=O) groups is 1. The van der Waals surface area contributed by atoms with Gasteiger partial charge in [-0.3, -0.25) is 9.36 Å². The Morgan fingerprint density at radius 2 is 1.63 bits per heavy atom. The molecular weight excluding hydrogens is 456 g/mol. The van der Waals surface area contributed by atoms with E-state index in [-0.39, 0.29) is 17.7 Å². The SMILES string of the molecule is CCOc1ccc(-n2c(Cc3ccccc3)nnc2SCC(=O)N(C)C(C)c2ccccc2)cc1. The average molecular weight is 487 g/mol. The first-order valence-electron chi connectivity index (χ1n) is 11.7. The number of hydrogen-bond acceptors (Lipinski definition) is 5. The highest BCUT2D eigenvalue weighted by Gasteiger charge is 2.20. The molecule has 0 N–H and O–H groups in total. The number of thioether (sulfide) groups is 1. The van der Waals surface area contributed by atoms with Crippen molar-refractivity contribution >= 4 is 17.7 Å². The van der Waals surface area contributed by atoms with Crippen LogP contribution in [-0.2, 0) is 11.2 Å². The summed E-state index contributed by atoms with van der Waals surface area (Å²) in [5.41, 5.74) is 3.19. The molecule has 0 fully saturated rings. The van der Waals surface area contributed by atoms with E-state index in [1.165, 1.54) is 11.8 Å². The minimum atomic E-state index is -0.0121. The maximum absolute atomic E-state index is 13.0. The molecule has 1 amide bonds. The van der Waals surface area contributed by atoms with Crippen LogP contribution in [0, 0.1) is 0 Å². The van der Waals surface area contributed by atoms with Gasteiger partial charge in [0, 0.05) is 19.2 Å². The van der Waals surface area contributed by atoms with Gasteiger partial charge in [-0.2, -0.15) is 0 Å². The van der Waals surface area contributed by atoms with Gasteiger partial charge in [0.2, 0.25) is 5.91 Å². The van der Waals surface area contributed by atoms with Crippen LogP contribution in [-0.4, -0.2) is 45.0 Å². The lowest BCUT2D eigenvalue weighted by Gasteiger charge is -2.25. The molecule has 1 unspecified atom stereocenters. The van der Waals surface area contributed by atoms with Crippen LogP contribution in [0.3, 0.4) is 0 Å². The molecule has 0 saturated heterocycles. The van der Waals surface area contributed by atoms with Crippen molar-refractivity contribution in [3.8, 4) is 11.4 Å². The maximum Gasteiger partial charge on any atom is 0.233 e. The van der Waals surface area contributed by atoms with Gasteiger partial charge in [0.05, 0.1) is 18.4 Å². The maximum atomic E-state index is 13.0. The van der Waals surface area contributed by atoms with E-state index in [1.54, 1.807) is 4.90 Å². The molecule has 1 heterocycles. The number of carbonyl (C=O) groups excluding carboxylic acids is 1. The van der Waals surface area contributed by atoms with Crippen LogP contribution < -0.4 is 4.74 Å². The van der Waals surface area contributed by atoms with Crippen LogP contribution in [0.2, 0.25) is 0 Å². The van der Waals surface area contributed by atoms with E-state index in [1.807, 2.05) is 98.3 Å². The Balaban J connectivity index is 1.55. The Hall–Kier alpha value is -3.58. The fourth-order valence-corrected chi connectivity index (χ4v) is 4.70. The molecule has 0 radical (unpaired) electrons. The summed E-state index contributed by atoms with van der Waals surface area (Å²) in [6.45, 7) is 4.62. The van der Waals surface area contributed by atoms with Gasteiger partial charge in [0.25, 0.3) is 0 Å². The zero-order valence-electron chi connectivity index (χ0n) is 20.3. The average Bonchev–Trinajstić information content (AvgIpc) is 3.30.